The van der Waals surface area contributed by atoms with E-state index in [0.717, 1.165) is 0 Å². The average Bonchev–Trinajstić information content (AvgIpc) is 3.16. The Morgan fingerprint density at radius 2 is 2.26 bits per heavy atom. The summed E-state index contributed by atoms with van der Waals surface area (Å²) < 4.78 is 4.92. The number of hydrogen-bond acceptors (Lipinski definition) is 5. The van der Waals surface area contributed by atoms with Crippen LogP contribution >= 0.6 is 0 Å². The number of likely N-dealkylation sites (tertiary alicyclic amines) is 1. The Morgan fingerprint density at radius 3 is 2.96 bits per heavy atom. The Morgan fingerprint density at radius 1 is 1.39 bits per heavy atom. The van der Waals surface area contributed by atoms with Crippen LogP contribution in [-0.4, -0.2) is 46.1 Å². The number of anilines is 1. The summed E-state index contributed by atoms with van der Waals surface area (Å²) in [5.74, 6) is 0.167. The SMILES string of the molecule is Cc1cc(NC(=O)NC2CCN(C(=O)c3ccccn3)C2)on1. The standard InChI is InChI=1S/C15H17N5O3/c1-10-8-13(23-19-10)18-15(22)17-11-5-7-20(9-11)14(21)12-4-2-3-6-16-12/h2-4,6,8,11H,5,7,9H2,1H3,(H2,17,18,22). The van der Waals surface area contributed by atoms with Crippen LogP contribution in [0.1, 0.15) is 22.6 Å². The minimum atomic E-state index is -0.377. The number of urea groups is 1. The molecule has 0 bridgehead atoms. The topological polar surface area (TPSA) is 100 Å². The van der Waals surface area contributed by atoms with Gasteiger partial charge < -0.3 is 14.7 Å². The highest BCUT2D eigenvalue weighted by Gasteiger charge is 2.28. The molecule has 0 saturated carbocycles. The van der Waals surface area contributed by atoms with Crippen molar-refractivity contribution in [2.24, 2.45) is 0 Å². The largest absolute Gasteiger partial charge is 0.338 e. The van der Waals surface area contributed by atoms with Crippen LogP contribution in [0.2, 0.25) is 0 Å². The highest BCUT2D eigenvalue weighted by molar-refractivity contribution is 5.92. The summed E-state index contributed by atoms with van der Waals surface area (Å²) in [6.45, 7) is 2.81. The molecule has 2 aromatic rings. The third-order valence-corrected chi connectivity index (χ3v) is 3.56. The van der Waals surface area contributed by atoms with Crippen molar-refractivity contribution in [1.82, 2.24) is 20.4 Å². The van der Waals surface area contributed by atoms with Gasteiger partial charge in [0.2, 0.25) is 5.88 Å². The van der Waals surface area contributed by atoms with Gasteiger partial charge in [-0.15, -0.1) is 0 Å². The second kappa shape index (κ2) is 6.47. The van der Waals surface area contributed by atoms with Crippen LogP contribution in [0, 0.1) is 6.92 Å². The van der Waals surface area contributed by atoms with E-state index in [2.05, 4.69) is 20.8 Å². The number of hydrogen-bond donors (Lipinski definition) is 2. The molecule has 0 aliphatic carbocycles. The van der Waals surface area contributed by atoms with Gasteiger partial charge in [-0.2, -0.15) is 0 Å². The fourth-order valence-electron chi connectivity index (χ4n) is 2.47. The summed E-state index contributed by atoms with van der Waals surface area (Å²) in [5.41, 5.74) is 1.10. The molecule has 1 fully saturated rings. The zero-order valence-corrected chi connectivity index (χ0v) is 12.7. The van der Waals surface area contributed by atoms with Crippen molar-refractivity contribution >= 4 is 17.8 Å². The Balaban J connectivity index is 1.51. The number of amides is 3. The number of carbonyl (C=O) groups is 2. The van der Waals surface area contributed by atoms with Crippen LogP contribution in [0.15, 0.2) is 35.0 Å². The van der Waals surface area contributed by atoms with Crippen molar-refractivity contribution in [2.45, 2.75) is 19.4 Å². The number of nitrogens with zero attached hydrogens (tertiary/aromatic N) is 3. The van der Waals surface area contributed by atoms with Gasteiger partial charge in [0, 0.05) is 31.4 Å². The monoisotopic (exact) mass is 315 g/mol. The van der Waals surface area contributed by atoms with Crippen molar-refractivity contribution in [2.75, 3.05) is 18.4 Å². The third-order valence-electron chi connectivity index (χ3n) is 3.56. The first-order valence-electron chi connectivity index (χ1n) is 7.33. The Labute approximate surface area is 132 Å². The van der Waals surface area contributed by atoms with E-state index in [1.165, 1.54) is 0 Å². The second-order valence-electron chi connectivity index (χ2n) is 5.38. The van der Waals surface area contributed by atoms with Gasteiger partial charge in [0.15, 0.2) is 0 Å². The van der Waals surface area contributed by atoms with Gasteiger partial charge in [-0.3, -0.25) is 15.1 Å². The number of rotatable bonds is 3. The van der Waals surface area contributed by atoms with Crippen LogP contribution in [0.3, 0.4) is 0 Å². The molecule has 1 aliphatic heterocycles. The van der Waals surface area contributed by atoms with Gasteiger partial charge in [-0.1, -0.05) is 11.2 Å². The van der Waals surface area contributed by atoms with Crippen molar-refractivity contribution in [3.63, 3.8) is 0 Å². The molecule has 0 spiro atoms. The van der Waals surface area contributed by atoms with Crippen LogP contribution < -0.4 is 10.6 Å². The van der Waals surface area contributed by atoms with Crippen LogP contribution in [0.25, 0.3) is 0 Å². The molecule has 2 N–H and O–H groups in total. The van der Waals surface area contributed by atoms with Crippen molar-refractivity contribution in [1.29, 1.82) is 0 Å². The number of aromatic nitrogens is 2. The van der Waals surface area contributed by atoms with E-state index in [1.807, 2.05) is 0 Å². The lowest BCUT2D eigenvalue weighted by atomic mass is 10.3. The first-order valence-corrected chi connectivity index (χ1v) is 7.33. The molecule has 8 nitrogen and oxygen atoms in total. The van der Waals surface area contributed by atoms with Crippen molar-refractivity contribution in [3.8, 4) is 0 Å². The fourth-order valence-corrected chi connectivity index (χ4v) is 2.47. The van der Waals surface area contributed by atoms with Gasteiger partial charge in [-0.05, 0) is 25.5 Å². The molecule has 3 heterocycles. The van der Waals surface area contributed by atoms with Crippen LogP contribution in [-0.2, 0) is 0 Å². The van der Waals surface area contributed by atoms with Crippen molar-refractivity contribution < 1.29 is 14.1 Å². The Bertz CT molecular complexity index is 700. The van der Waals surface area contributed by atoms with Gasteiger partial charge in [-0.25, -0.2) is 4.79 Å². The van der Waals surface area contributed by atoms with E-state index >= 15 is 0 Å². The third kappa shape index (κ3) is 3.65. The van der Waals surface area contributed by atoms with Gasteiger partial charge in [0.25, 0.3) is 5.91 Å². The van der Waals surface area contributed by atoms with E-state index in [4.69, 9.17) is 4.52 Å². The molecular weight excluding hydrogens is 298 g/mol. The lowest BCUT2D eigenvalue weighted by Crippen LogP contribution is -2.40. The normalized spacial score (nSPS) is 17.1. The highest BCUT2D eigenvalue weighted by atomic mass is 16.5. The van der Waals surface area contributed by atoms with E-state index in [9.17, 15) is 9.59 Å². The fraction of sp³-hybridized carbons (Fsp3) is 0.333. The first kappa shape index (κ1) is 15.0. The molecule has 3 rings (SSSR count). The Kier molecular flexibility index (Phi) is 4.22. The minimum Gasteiger partial charge on any atom is -0.338 e. The molecule has 120 valence electrons. The molecule has 0 radical (unpaired) electrons. The summed E-state index contributed by atoms with van der Waals surface area (Å²) in [6, 6.07) is 6.37. The van der Waals surface area contributed by atoms with Crippen LogP contribution in [0.5, 0.6) is 0 Å². The Hall–Kier alpha value is -2.90. The van der Waals surface area contributed by atoms with Crippen LogP contribution in [0.4, 0.5) is 10.7 Å². The highest BCUT2D eigenvalue weighted by Crippen LogP contribution is 2.13. The molecule has 23 heavy (non-hydrogen) atoms. The summed E-state index contributed by atoms with van der Waals surface area (Å²) >= 11 is 0. The molecule has 1 unspecified atom stereocenters. The van der Waals surface area contributed by atoms with Gasteiger partial charge >= 0.3 is 6.03 Å². The molecule has 0 aromatic carbocycles. The zero-order chi connectivity index (χ0) is 16.2. The van der Waals surface area contributed by atoms with Gasteiger partial charge in [0.05, 0.1) is 5.69 Å². The number of aryl methyl sites for hydroxylation is 1. The molecule has 2 aromatic heterocycles. The molecule has 3 amide bonds. The molecule has 1 aliphatic rings. The summed E-state index contributed by atoms with van der Waals surface area (Å²) in [5, 5.41) is 9.08. The molecule has 1 saturated heterocycles. The van der Waals surface area contributed by atoms with Crippen molar-refractivity contribution in [3.05, 3.63) is 41.9 Å². The first-order chi connectivity index (χ1) is 11.1. The number of pyridine rings is 1. The molecule has 1 atom stereocenters. The predicted octanol–water partition coefficient (Wildman–Crippen LogP) is 1.41. The molecular formula is C15H17N5O3. The average molecular weight is 315 g/mol. The maximum Gasteiger partial charge on any atom is 0.321 e. The van der Waals surface area contributed by atoms with E-state index < -0.39 is 0 Å². The quantitative estimate of drug-likeness (QED) is 0.892. The smallest absolute Gasteiger partial charge is 0.321 e. The summed E-state index contributed by atoms with van der Waals surface area (Å²) in [4.78, 5) is 29.9. The lowest BCUT2D eigenvalue weighted by Gasteiger charge is -2.16. The van der Waals surface area contributed by atoms with E-state index in [0.29, 0.717) is 36.8 Å². The maximum absolute atomic E-state index is 12.3. The minimum absolute atomic E-state index is 0.105. The van der Waals surface area contributed by atoms with Gasteiger partial charge in [0.1, 0.15) is 5.69 Å². The number of carbonyl (C=O) groups excluding carboxylic acids is 2. The number of nitrogens with one attached hydrogen (secondary N) is 2. The summed E-state index contributed by atoms with van der Waals surface area (Å²) in [7, 11) is 0. The molecule has 8 heteroatoms. The predicted molar refractivity (Wildman–Crippen MR) is 81.9 cm³/mol. The lowest BCUT2D eigenvalue weighted by molar-refractivity contribution is 0.0783. The van der Waals surface area contributed by atoms with E-state index in [1.54, 1.807) is 42.3 Å². The summed E-state index contributed by atoms with van der Waals surface area (Å²) in [6.07, 6.45) is 2.29. The zero-order valence-electron chi connectivity index (χ0n) is 12.7. The maximum atomic E-state index is 12.3. The second-order valence-corrected chi connectivity index (χ2v) is 5.38. The van der Waals surface area contributed by atoms with E-state index in [-0.39, 0.29) is 18.0 Å².